The molecular weight excluding hydrogens is 364 g/mol. The van der Waals surface area contributed by atoms with Crippen molar-refractivity contribution in [3.63, 3.8) is 0 Å². The van der Waals surface area contributed by atoms with Crippen molar-refractivity contribution in [2.75, 3.05) is 38.2 Å². The number of carbonyl (C=O) groups is 1. The van der Waals surface area contributed by atoms with Gasteiger partial charge < -0.3 is 14.4 Å². The number of carbonyl (C=O) groups excluding carboxylic acids is 1. The van der Waals surface area contributed by atoms with Gasteiger partial charge in [-0.1, -0.05) is 30.4 Å². The monoisotopic (exact) mass is 394 g/mol. The molecule has 1 aliphatic heterocycles. The molecule has 0 amide bonds. The molecule has 5 nitrogen and oxygen atoms in total. The van der Waals surface area contributed by atoms with Crippen molar-refractivity contribution in [2.45, 2.75) is 26.8 Å². The number of hydrogen-bond acceptors (Lipinski definition) is 5. The summed E-state index contributed by atoms with van der Waals surface area (Å²) < 4.78 is 10.5. The third-order valence-electron chi connectivity index (χ3n) is 5.16. The van der Waals surface area contributed by atoms with E-state index < -0.39 is 0 Å². The van der Waals surface area contributed by atoms with Gasteiger partial charge in [-0.3, -0.25) is 9.69 Å². The Labute approximate surface area is 173 Å². The molecule has 0 saturated carbocycles. The maximum atomic E-state index is 11.2. The van der Waals surface area contributed by atoms with Crippen LogP contribution in [0, 0.1) is 6.92 Å². The first-order chi connectivity index (χ1) is 14.0. The lowest BCUT2D eigenvalue weighted by Crippen LogP contribution is -2.52. The molecule has 0 radical (unpaired) electrons. The van der Waals surface area contributed by atoms with Crippen LogP contribution in [0.3, 0.4) is 0 Å². The molecule has 0 spiro atoms. The molecular formula is C24H30N2O3. The van der Waals surface area contributed by atoms with Crippen molar-refractivity contribution < 1.29 is 14.3 Å². The maximum Gasteiger partial charge on any atom is 0.308 e. The van der Waals surface area contributed by atoms with Crippen LogP contribution in [0.4, 0.5) is 5.69 Å². The van der Waals surface area contributed by atoms with Gasteiger partial charge >= 0.3 is 5.97 Å². The summed E-state index contributed by atoms with van der Waals surface area (Å²) in [5, 5.41) is 0. The van der Waals surface area contributed by atoms with Crippen molar-refractivity contribution in [1.29, 1.82) is 0 Å². The standard InChI is InChI=1S/C24H30N2O3/c1-18-7-5-9-22(15-18)26-14-13-25(17-19(26)2)12-6-8-21-10-11-23(29-20(3)27)24(16-21)28-4/h5-11,15-16,19H,12-14,17H2,1-4H3. The van der Waals surface area contributed by atoms with Gasteiger partial charge in [-0.15, -0.1) is 0 Å². The first-order valence-corrected chi connectivity index (χ1v) is 10.0. The highest BCUT2D eigenvalue weighted by molar-refractivity contribution is 5.71. The third kappa shape index (κ3) is 5.61. The molecule has 0 bridgehead atoms. The predicted molar refractivity (Wildman–Crippen MR) is 118 cm³/mol. The number of rotatable bonds is 6. The lowest BCUT2D eigenvalue weighted by atomic mass is 10.1. The lowest BCUT2D eigenvalue weighted by molar-refractivity contribution is -0.132. The van der Waals surface area contributed by atoms with Crippen molar-refractivity contribution in [3.8, 4) is 11.5 Å². The Morgan fingerprint density at radius 1 is 1.17 bits per heavy atom. The first kappa shape index (κ1) is 20.9. The Hall–Kier alpha value is -2.79. The predicted octanol–water partition coefficient (Wildman–Crippen LogP) is 4.15. The van der Waals surface area contributed by atoms with Gasteiger partial charge in [0.25, 0.3) is 0 Å². The Morgan fingerprint density at radius 3 is 2.69 bits per heavy atom. The van der Waals surface area contributed by atoms with E-state index in [-0.39, 0.29) is 5.97 Å². The fourth-order valence-electron chi connectivity index (χ4n) is 3.75. The first-order valence-electron chi connectivity index (χ1n) is 10.0. The molecule has 1 fully saturated rings. The summed E-state index contributed by atoms with van der Waals surface area (Å²) in [4.78, 5) is 16.1. The number of nitrogens with zero attached hydrogens (tertiary/aromatic N) is 2. The fraction of sp³-hybridized carbons (Fsp3) is 0.375. The highest BCUT2D eigenvalue weighted by Gasteiger charge is 2.23. The molecule has 1 unspecified atom stereocenters. The largest absolute Gasteiger partial charge is 0.493 e. The average molecular weight is 395 g/mol. The van der Waals surface area contributed by atoms with E-state index >= 15 is 0 Å². The smallest absolute Gasteiger partial charge is 0.308 e. The molecule has 1 saturated heterocycles. The summed E-state index contributed by atoms with van der Waals surface area (Å²) in [5.41, 5.74) is 3.63. The van der Waals surface area contributed by atoms with Crippen LogP contribution < -0.4 is 14.4 Å². The summed E-state index contributed by atoms with van der Waals surface area (Å²) in [6.45, 7) is 9.82. The van der Waals surface area contributed by atoms with Crippen LogP contribution in [-0.4, -0.2) is 50.2 Å². The summed E-state index contributed by atoms with van der Waals surface area (Å²) in [7, 11) is 1.57. The van der Waals surface area contributed by atoms with E-state index in [4.69, 9.17) is 9.47 Å². The Bertz CT molecular complexity index is 878. The quantitative estimate of drug-likeness (QED) is 0.544. The zero-order valence-electron chi connectivity index (χ0n) is 17.7. The molecule has 1 aliphatic rings. The molecule has 2 aromatic rings. The van der Waals surface area contributed by atoms with Gasteiger partial charge in [-0.25, -0.2) is 0 Å². The summed E-state index contributed by atoms with van der Waals surface area (Å²) >= 11 is 0. The second-order valence-electron chi connectivity index (χ2n) is 7.55. The number of methoxy groups -OCH3 is 1. The molecule has 0 aromatic heterocycles. The third-order valence-corrected chi connectivity index (χ3v) is 5.16. The molecule has 154 valence electrons. The maximum absolute atomic E-state index is 11.2. The Balaban J connectivity index is 1.57. The van der Waals surface area contributed by atoms with E-state index in [1.807, 2.05) is 12.1 Å². The molecule has 3 rings (SSSR count). The van der Waals surface area contributed by atoms with Gasteiger partial charge in [0.1, 0.15) is 0 Å². The van der Waals surface area contributed by atoms with Gasteiger partial charge in [0, 0.05) is 44.8 Å². The van der Waals surface area contributed by atoms with Gasteiger partial charge in [0.05, 0.1) is 7.11 Å². The van der Waals surface area contributed by atoms with Gasteiger partial charge in [-0.2, -0.15) is 0 Å². The van der Waals surface area contributed by atoms with Crippen molar-refractivity contribution in [2.24, 2.45) is 0 Å². The van der Waals surface area contributed by atoms with Crippen molar-refractivity contribution in [3.05, 3.63) is 59.7 Å². The number of anilines is 1. The number of ether oxygens (including phenoxy) is 2. The van der Waals surface area contributed by atoms with E-state index in [0.717, 1.165) is 31.7 Å². The molecule has 0 N–H and O–H groups in total. The number of piperazine rings is 1. The minimum atomic E-state index is -0.356. The molecule has 1 atom stereocenters. The van der Waals surface area contributed by atoms with Gasteiger partial charge in [-0.05, 0) is 49.2 Å². The second-order valence-corrected chi connectivity index (χ2v) is 7.55. The van der Waals surface area contributed by atoms with Crippen molar-refractivity contribution >= 4 is 17.7 Å². The normalized spacial score (nSPS) is 17.5. The zero-order chi connectivity index (χ0) is 20.8. The number of hydrogen-bond donors (Lipinski definition) is 0. The summed E-state index contributed by atoms with van der Waals surface area (Å²) in [6.07, 6.45) is 4.26. The molecule has 2 aromatic carbocycles. The van der Waals surface area contributed by atoms with Gasteiger partial charge in [0.2, 0.25) is 0 Å². The SMILES string of the molecule is COc1cc(C=CCN2CCN(c3cccc(C)c3)C(C)C2)ccc1OC(C)=O. The fourth-order valence-corrected chi connectivity index (χ4v) is 3.75. The van der Waals surface area contributed by atoms with Crippen LogP contribution in [0.2, 0.25) is 0 Å². The van der Waals surface area contributed by atoms with Crippen LogP contribution in [0.15, 0.2) is 48.5 Å². The van der Waals surface area contributed by atoms with Crippen LogP contribution in [0.5, 0.6) is 11.5 Å². The number of benzene rings is 2. The highest BCUT2D eigenvalue weighted by Crippen LogP contribution is 2.28. The second kappa shape index (κ2) is 9.61. The zero-order valence-corrected chi connectivity index (χ0v) is 17.7. The number of esters is 1. The minimum absolute atomic E-state index is 0.356. The minimum Gasteiger partial charge on any atom is -0.493 e. The van der Waals surface area contributed by atoms with E-state index in [1.54, 1.807) is 13.2 Å². The molecule has 0 aliphatic carbocycles. The Kier molecular flexibility index (Phi) is 6.94. The average Bonchev–Trinajstić information content (AvgIpc) is 2.68. The van der Waals surface area contributed by atoms with E-state index in [9.17, 15) is 4.79 Å². The summed E-state index contributed by atoms with van der Waals surface area (Å²) in [6, 6.07) is 14.8. The van der Waals surface area contributed by atoms with Crippen LogP contribution in [0.25, 0.3) is 6.08 Å². The van der Waals surface area contributed by atoms with Crippen LogP contribution >= 0.6 is 0 Å². The topological polar surface area (TPSA) is 42.0 Å². The van der Waals surface area contributed by atoms with Crippen LogP contribution in [0.1, 0.15) is 25.0 Å². The van der Waals surface area contributed by atoms with E-state index in [0.29, 0.717) is 17.5 Å². The van der Waals surface area contributed by atoms with E-state index in [1.165, 1.54) is 18.2 Å². The molecule has 29 heavy (non-hydrogen) atoms. The Morgan fingerprint density at radius 2 is 2.00 bits per heavy atom. The molecule has 5 heteroatoms. The van der Waals surface area contributed by atoms with E-state index in [2.05, 4.69) is 60.1 Å². The number of aryl methyl sites for hydroxylation is 1. The van der Waals surface area contributed by atoms with Crippen molar-refractivity contribution in [1.82, 2.24) is 4.90 Å². The summed E-state index contributed by atoms with van der Waals surface area (Å²) in [5.74, 6) is 0.645. The van der Waals surface area contributed by atoms with Crippen LogP contribution in [-0.2, 0) is 4.79 Å². The molecule has 1 heterocycles. The highest BCUT2D eigenvalue weighted by atomic mass is 16.6. The van der Waals surface area contributed by atoms with Gasteiger partial charge in [0.15, 0.2) is 11.5 Å². The lowest BCUT2D eigenvalue weighted by Gasteiger charge is -2.41.